The zero-order chi connectivity index (χ0) is 18.8. The van der Waals surface area contributed by atoms with Crippen molar-refractivity contribution in [3.63, 3.8) is 0 Å². The Hall–Kier alpha value is -2.51. The highest BCUT2D eigenvalue weighted by molar-refractivity contribution is 6.09. The van der Waals surface area contributed by atoms with Crippen LogP contribution in [0.1, 0.15) is 33.6 Å². The minimum Gasteiger partial charge on any atom is -0.323 e. The molecule has 8 heteroatoms. The lowest BCUT2D eigenvalue weighted by Crippen LogP contribution is -2.44. The largest absolute Gasteiger partial charge is 0.325 e. The molecule has 1 saturated heterocycles. The molecular weight excluding hydrogens is 332 g/mol. The van der Waals surface area contributed by atoms with Gasteiger partial charge in [0.05, 0.1) is 5.69 Å². The van der Waals surface area contributed by atoms with E-state index in [-0.39, 0.29) is 5.69 Å². The molecular formula is C17H21F2N3O3. The normalized spacial score (nSPS) is 20.2. The van der Waals surface area contributed by atoms with Gasteiger partial charge in [0, 0.05) is 6.07 Å². The fourth-order valence-electron chi connectivity index (χ4n) is 2.56. The summed E-state index contributed by atoms with van der Waals surface area (Å²) in [6.45, 7) is 5.09. The Morgan fingerprint density at radius 1 is 1.32 bits per heavy atom. The van der Waals surface area contributed by atoms with Crippen LogP contribution < -0.4 is 10.6 Å². The Morgan fingerprint density at radius 2 is 2.00 bits per heavy atom. The van der Waals surface area contributed by atoms with Gasteiger partial charge < -0.3 is 10.6 Å². The molecule has 1 atom stereocenters. The van der Waals surface area contributed by atoms with E-state index in [0.29, 0.717) is 18.4 Å². The number of benzene rings is 1. The topological polar surface area (TPSA) is 78.5 Å². The molecule has 0 aromatic heterocycles. The molecule has 0 saturated carbocycles. The van der Waals surface area contributed by atoms with Gasteiger partial charge in [0.25, 0.3) is 5.91 Å². The van der Waals surface area contributed by atoms with E-state index in [1.54, 1.807) is 6.92 Å². The maximum Gasteiger partial charge on any atom is 0.325 e. The number of carbonyl (C=O) groups excluding carboxylic acids is 3. The van der Waals surface area contributed by atoms with E-state index in [0.717, 1.165) is 23.5 Å². The maximum atomic E-state index is 13.6. The van der Waals surface area contributed by atoms with E-state index >= 15 is 0 Å². The molecule has 1 aliphatic heterocycles. The Labute approximate surface area is 144 Å². The molecule has 4 amide bonds. The molecule has 1 heterocycles. The van der Waals surface area contributed by atoms with Crippen molar-refractivity contribution in [1.29, 1.82) is 0 Å². The van der Waals surface area contributed by atoms with Gasteiger partial charge in [-0.15, -0.1) is 0 Å². The average molecular weight is 353 g/mol. The summed E-state index contributed by atoms with van der Waals surface area (Å²) in [4.78, 5) is 37.4. The van der Waals surface area contributed by atoms with Crippen LogP contribution in [-0.2, 0) is 9.59 Å². The fourth-order valence-corrected chi connectivity index (χ4v) is 2.56. The lowest BCUT2D eigenvalue weighted by Gasteiger charge is -2.22. The monoisotopic (exact) mass is 353 g/mol. The van der Waals surface area contributed by atoms with Crippen LogP contribution in [0.5, 0.6) is 0 Å². The third kappa shape index (κ3) is 4.32. The number of hydrogen-bond acceptors (Lipinski definition) is 3. The quantitative estimate of drug-likeness (QED) is 0.772. The van der Waals surface area contributed by atoms with E-state index < -0.39 is 41.6 Å². The molecule has 6 nitrogen and oxygen atoms in total. The molecule has 0 bridgehead atoms. The highest BCUT2D eigenvalue weighted by Crippen LogP contribution is 2.24. The van der Waals surface area contributed by atoms with E-state index in [2.05, 4.69) is 10.6 Å². The average Bonchev–Trinajstić information content (AvgIpc) is 2.72. The Kier molecular flexibility index (Phi) is 5.39. The van der Waals surface area contributed by atoms with Crippen LogP contribution in [0.15, 0.2) is 18.2 Å². The fraction of sp³-hybridized carbons (Fsp3) is 0.471. The summed E-state index contributed by atoms with van der Waals surface area (Å²) in [7, 11) is 0. The molecule has 25 heavy (non-hydrogen) atoms. The summed E-state index contributed by atoms with van der Waals surface area (Å²) in [6, 6.07) is 2.04. The van der Waals surface area contributed by atoms with Crippen molar-refractivity contribution in [2.75, 3.05) is 11.9 Å². The summed E-state index contributed by atoms with van der Waals surface area (Å²) in [5, 5.41) is 4.84. The number of nitrogens with one attached hydrogen (secondary N) is 2. The Bertz CT molecular complexity index is 708. The first-order chi connectivity index (χ1) is 11.6. The highest BCUT2D eigenvalue weighted by Gasteiger charge is 2.47. The second-order valence-electron chi connectivity index (χ2n) is 6.76. The summed E-state index contributed by atoms with van der Waals surface area (Å²) in [5.41, 5.74) is -1.27. The lowest BCUT2D eigenvalue weighted by molar-refractivity contribution is -0.133. The molecule has 136 valence electrons. The van der Waals surface area contributed by atoms with Crippen molar-refractivity contribution in [3.05, 3.63) is 29.8 Å². The molecule has 1 fully saturated rings. The summed E-state index contributed by atoms with van der Waals surface area (Å²) in [5.74, 6) is -2.59. The minimum atomic E-state index is -1.05. The van der Waals surface area contributed by atoms with Gasteiger partial charge in [0.2, 0.25) is 5.91 Å². The molecule has 1 aliphatic rings. The van der Waals surface area contributed by atoms with Crippen molar-refractivity contribution in [3.8, 4) is 0 Å². The molecule has 1 unspecified atom stereocenters. The van der Waals surface area contributed by atoms with Crippen molar-refractivity contribution >= 4 is 23.5 Å². The molecule has 0 aliphatic carbocycles. The first-order valence-electron chi connectivity index (χ1n) is 8.01. The number of nitrogens with zero attached hydrogens (tertiary/aromatic N) is 1. The van der Waals surface area contributed by atoms with E-state index in [4.69, 9.17) is 0 Å². The SMILES string of the molecule is CC(C)CCC1(C)NC(=O)N(CC(=O)Nc2ccc(F)cc2F)C1=O. The molecule has 0 spiro atoms. The second-order valence-corrected chi connectivity index (χ2v) is 6.76. The number of imide groups is 1. The third-order valence-corrected chi connectivity index (χ3v) is 4.07. The number of amides is 4. The Morgan fingerprint density at radius 3 is 2.60 bits per heavy atom. The van der Waals surface area contributed by atoms with Gasteiger partial charge in [-0.1, -0.05) is 13.8 Å². The molecule has 0 radical (unpaired) electrons. The predicted octanol–water partition coefficient (Wildman–Crippen LogP) is 2.65. The summed E-state index contributed by atoms with van der Waals surface area (Å²) >= 11 is 0. The van der Waals surface area contributed by atoms with E-state index in [1.807, 2.05) is 13.8 Å². The van der Waals surface area contributed by atoms with Crippen molar-refractivity contribution < 1.29 is 23.2 Å². The van der Waals surface area contributed by atoms with Crippen LogP contribution in [-0.4, -0.2) is 34.8 Å². The van der Waals surface area contributed by atoms with Gasteiger partial charge in [0.15, 0.2) is 0 Å². The lowest BCUT2D eigenvalue weighted by atomic mass is 9.92. The Balaban J connectivity index is 2.03. The van der Waals surface area contributed by atoms with Gasteiger partial charge in [0.1, 0.15) is 23.7 Å². The smallest absolute Gasteiger partial charge is 0.323 e. The van der Waals surface area contributed by atoms with Gasteiger partial charge in [-0.2, -0.15) is 0 Å². The van der Waals surface area contributed by atoms with Gasteiger partial charge >= 0.3 is 6.03 Å². The van der Waals surface area contributed by atoms with E-state index in [9.17, 15) is 23.2 Å². The number of anilines is 1. The van der Waals surface area contributed by atoms with Gasteiger partial charge in [-0.25, -0.2) is 13.6 Å². The second kappa shape index (κ2) is 7.16. The zero-order valence-corrected chi connectivity index (χ0v) is 14.4. The number of halogens is 2. The van der Waals surface area contributed by atoms with Crippen LogP contribution >= 0.6 is 0 Å². The molecule has 1 aromatic carbocycles. The highest BCUT2D eigenvalue weighted by atomic mass is 19.1. The van der Waals surface area contributed by atoms with Gasteiger partial charge in [-0.05, 0) is 37.8 Å². The van der Waals surface area contributed by atoms with Crippen molar-refractivity contribution in [1.82, 2.24) is 10.2 Å². The van der Waals surface area contributed by atoms with Crippen molar-refractivity contribution in [2.24, 2.45) is 5.92 Å². The van der Waals surface area contributed by atoms with Gasteiger partial charge in [-0.3, -0.25) is 14.5 Å². The molecule has 2 N–H and O–H groups in total. The zero-order valence-electron chi connectivity index (χ0n) is 14.4. The summed E-state index contributed by atoms with van der Waals surface area (Å²) in [6.07, 6.45) is 1.20. The van der Waals surface area contributed by atoms with Crippen LogP contribution in [0.2, 0.25) is 0 Å². The number of rotatable bonds is 6. The molecule has 2 rings (SSSR count). The first-order valence-corrected chi connectivity index (χ1v) is 8.01. The predicted molar refractivity (Wildman–Crippen MR) is 87.7 cm³/mol. The van der Waals surface area contributed by atoms with Crippen LogP contribution in [0, 0.1) is 17.6 Å². The first kappa shape index (κ1) is 18.8. The van der Waals surface area contributed by atoms with Crippen LogP contribution in [0.3, 0.4) is 0 Å². The van der Waals surface area contributed by atoms with Crippen molar-refractivity contribution in [2.45, 2.75) is 39.2 Å². The van der Waals surface area contributed by atoms with E-state index in [1.165, 1.54) is 0 Å². The summed E-state index contributed by atoms with van der Waals surface area (Å²) < 4.78 is 26.4. The number of carbonyl (C=O) groups is 3. The standard InChI is InChI=1S/C17H21F2N3O3/c1-10(2)6-7-17(3)15(24)22(16(25)21-17)9-14(23)20-13-5-4-11(18)8-12(13)19/h4-5,8,10H,6-7,9H2,1-3H3,(H,20,23)(H,21,25). The van der Waals surface area contributed by atoms with Crippen LogP contribution in [0.25, 0.3) is 0 Å². The number of hydrogen-bond donors (Lipinski definition) is 2. The molecule has 1 aromatic rings. The number of urea groups is 1. The third-order valence-electron chi connectivity index (χ3n) is 4.07. The van der Waals surface area contributed by atoms with Crippen LogP contribution in [0.4, 0.5) is 19.3 Å². The maximum absolute atomic E-state index is 13.6. The minimum absolute atomic E-state index is 0.221.